The Labute approximate surface area is 175 Å². The Morgan fingerprint density at radius 3 is 1.97 bits per heavy atom. The van der Waals surface area contributed by atoms with Gasteiger partial charge in [0.25, 0.3) is 0 Å². The molecule has 30 heavy (non-hydrogen) atoms. The van der Waals surface area contributed by atoms with Gasteiger partial charge in [-0.25, -0.2) is 14.4 Å². The molecule has 0 aliphatic carbocycles. The minimum atomic E-state index is -0.639. The van der Waals surface area contributed by atoms with Gasteiger partial charge in [-0.3, -0.25) is 0 Å². The Kier molecular flexibility index (Phi) is 7.80. The monoisotopic (exact) mass is 414 g/mol. The fourth-order valence-corrected chi connectivity index (χ4v) is 2.84. The molecule has 0 heterocycles. The van der Waals surface area contributed by atoms with Crippen molar-refractivity contribution in [2.24, 2.45) is 0 Å². The van der Waals surface area contributed by atoms with Crippen molar-refractivity contribution in [3.63, 3.8) is 0 Å². The van der Waals surface area contributed by atoms with E-state index >= 15 is 0 Å². The topological polar surface area (TPSA) is 103 Å². The van der Waals surface area contributed by atoms with E-state index in [1.54, 1.807) is 6.92 Å². The van der Waals surface area contributed by atoms with Crippen LogP contribution in [0.25, 0.3) is 0 Å². The molecule has 0 radical (unpaired) electrons. The van der Waals surface area contributed by atoms with Gasteiger partial charge in [-0.1, -0.05) is 18.2 Å². The number of carbonyl (C=O) groups excluding carboxylic acids is 3. The fraction of sp³-hybridized carbons (Fsp3) is 0.318. The molecule has 0 bridgehead atoms. The number of aryl methyl sites for hydroxylation is 2. The lowest BCUT2D eigenvalue weighted by atomic mass is 10.1. The zero-order chi connectivity index (χ0) is 22.3. The van der Waals surface area contributed by atoms with E-state index in [-0.39, 0.29) is 29.5 Å². The standard InChI is InChI=1S/C22H26N2O6/c1-13-7-6-8-14(2)19(13)30-12-15(3)23-22(27)24-18-10-16(20(25)28-4)9-17(11-18)21(26)29-5/h6-11,15H,12H2,1-5H3,(H2,23,24,27). The number of rotatable bonds is 7. The third-order valence-corrected chi connectivity index (χ3v) is 4.30. The number of ether oxygens (including phenoxy) is 3. The maximum Gasteiger partial charge on any atom is 0.337 e. The van der Waals surface area contributed by atoms with Crippen LogP contribution in [-0.4, -0.2) is 44.8 Å². The number of nitrogens with one attached hydrogen (secondary N) is 2. The van der Waals surface area contributed by atoms with E-state index < -0.39 is 18.0 Å². The number of para-hydroxylation sites is 1. The van der Waals surface area contributed by atoms with Gasteiger partial charge >= 0.3 is 18.0 Å². The number of hydrogen-bond donors (Lipinski definition) is 2. The highest BCUT2D eigenvalue weighted by Crippen LogP contribution is 2.22. The average Bonchev–Trinajstić information content (AvgIpc) is 2.71. The highest BCUT2D eigenvalue weighted by Gasteiger charge is 2.16. The number of hydrogen-bond acceptors (Lipinski definition) is 6. The fourth-order valence-electron chi connectivity index (χ4n) is 2.84. The molecule has 2 N–H and O–H groups in total. The predicted molar refractivity (Wildman–Crippen MR) is 112 cm³/mol. The molecule has 0 spiro atoms. The van der Waals surface area contributed by atoms with E-state index in [2.05, 4.69) is 20.1 Å². The number of carbonyl (C=O) groups is 3. The molecule has 2 amide bonds. The van der Waals surface area contributed by atoms with Gasteiger partial charge < -0.3 is 24.8 Å². The molecule has 2 aromatic carbocycles. The van der Waals surface area contributed by atoms with Crippen LogP contribution in [0.15, 0.2) is 36.4 Å². The Morgan fingerprint density at radius 1 is 0.933 bits per heavy atom. The second kappa shape index (κ2) is 10.3. The summed E-state index contributed by atoms with van der Waals surface area (Å²) in [6.07, 6.45) is 0. The maximum atomic E-state index is 12.4. The first-order chi connectivity index (χ1) is 14.2. The molecule has 8 nitrogen and oxygen atoms in total. The highest BCUT2D eigenvalue weighted by atomic mass is 16.5. The van der Waals surface area contributed by atoms with Crippen LogP contribution in [0.2, 0.25) is 0 Å². The normalized spacial score (nSPS) is 11.2. The zero-order valence-corrected chi connectivity index (χ0v) is 17.7. The van der Waals surface area contributed by atoms with Gasteiger partial charge in [-0.2, -0.15) is 0 Å². The number of anilines is 1. The van der Waals surface area contributed by atoms with Crippen molar-refractivity contribution < 1.29 is 28.6 Å². The van der Waals surface area contributed by atoms with E-state index in [4.69, 9.17) is 4.74 Å². The van der Waals surface area contributed by atoms with Gasteiger partial charge in [0.05, 0.1) is 31.4 Å². The molecular weight excluding hydrogens is 388 g/mol. The summed E-state index contributed by atoms with van der Waals surface area (Å²) < 4.78 is 15.2. The molecule has 160 valence electrons. The minimum absolute atomic E-state index is 0.113. The largest absolute Gasteiger partial charge is 0.491 e. The highest BCUT2D eigenvalue weighted by molar-refractivity contribution is 5.99. The summed E-state index contributed by atoms with van der Waals surface area (Å²) in [6.45, 7) is 5.99. The summed E-state index contributed by atoms with van der Waals surface area (Å²) in [7, 11) is 2.45. The summed E-state index contributed by atoms with van der Waals surface area (Å²) in [5.41, 5.74) is 2.51. The summed E-state index contributed by atoms with van der Waals surface area (Å²) in [5, 5.41) is 5.37. The lowest BCUT2D eigenvalue weighted by molar-refractivity contribution is 0.0599. The Hall–Kier alpha value is -3.55. The second-order valence-corrected chi connectivity index (χ2v) is 6.81. The van der Waals surface area contributed by atoms with Crippen molar-refractivity contribution in [3.8, 4) is 5.75 Å². The molecular formula is C22H26N2O6. The number of urea groups is 1. The third-order valence-electron chi connectivity index (χ3n) is 4.30. The Morgan fingerprint density at radius 2 is 1.47 bits per heavy atom. The SMILES string of the molecule is COC(=O)c1cc(NC(=O)NC(C)COc2c(C)cccc2C)cc(C(=O)OC)c1. The number of amides is 2. The lowest BCUT2D eigenvalue weighted by Gasteiger charge is -2.18. The molecule has 1 unspecified atom stereocenters. The predicted octanol–water partition coefficient (Wildman–Crippen LogP) is 3.47. The van der Waals surface area contributed by atoms with Crippen molar-refractivity contribution in [3.05, 3.63) is 58.7 Å². The Balaban J connectivity index is 2.04. The van der Waals surface area contributed by atoms with Crippen LogP contribution in [0, 0.1) is 13.8 Å². The smallest absolute Gasteiger partial charge is 0.337 e. The van der Waals surface area contributed by atoms with Gasteiger partial charge in [0.2, 0.25) is 0 Å². The molecule has 8 heteroatoms. The summed E-state index contributed by atoms with van der Waals surface area (Å²) in [4.78, 5) is 36.1. The third kappa shape index (κ3) is 5.97. The zero-order valence-electron chi connectivity index (χ0n) is 17.7. The first kappa shape index (κ1) is 22.7. The van der Waals surface area contributed by atoms with Crippen molar-refractivity contribution >= 4 is 23.7 Å². The van der Waals surface area contributed by atoms with E-state index in [1.807, 2.05) is 32.0 Å². The first-order valence-corrected chi connectivity index (χ1v) is 9.33. The van der Waals surface area contributed by atoms with Crippen LogP contribution in [0.4, 0.5) is 10.5 Å². The Bertz CT molecular complexity index is 887. The average molecular weight is 414 g/mol. The molecule has 2 aromatic rings. The van der Waals surface area contributed by atoms with Gasteiger partial charge in [-0.05, 0) is 50.1 Å². The number of methoxy groups -OCH3 is 2. The van der Waals surface area contributed by atoms with Gasteiger partial charge in [0, 0.05) is 5.69 Å². The first-order valence-electron chi connectivity index (χ1n) is 9.33. The molecule has 2 rings (SSSR count). The van der Waals surface area contributed by atoms with Crippen LogP contribution in [-0.2, 0) is 9.47 Å². The molecule has 0 aliphatic heterocycles. The molecule has 1 atom stereocenters. The maximum absolute atomic E-state index is 12.4. The number of esters is 2. The second-order valence-electron chi connectivity index (χ2n) is 6.81. The minimum Gasteiger partial charge on any atom is -0.491 e. The van der Waals surface area contributed by atoms with E-state index in [0.717, 1.165) is 16.9 Å². The quantitative estimate of drug-likeness (QED) is 0.673. The summed E-state index contributed by atoms with van der Waals surface area (Å²) in [5.74, 6) is -0.487. The molecule has 0 fully saturated rings. The van der Waals surface area contributed by atoms with Crippen LogP contribution >= 0.6 is 0 Å². The lowest BCUT2D eigenvalue weighted by Crippen LogP contribution is -2.39. The summed E-state index contributed by atoms with van der Waals surface area (Å²) in [6, 6.07) is 9.23. The van der Waals surface area contributed by atoms with Crippen LogP contribution in [0.5, 0.6) is 5.75 Å². The van der Waals surface area contributed by atoms with E-state index in [0.29, 0.717) is 0 Å². The molecule has 0 aromatic heterocycles. The van der Waals surface area contributed by atoms with Gasteiger partial charge in [-0.15, -0.1) is 0 Å². The van der Waals surface area contributed by atoms with Crippen molar-refractivity contribution in [2.75, 3.05) is 26.1 Å². The van der Waals surface area contributed by atoms with Crippen molar-refractivity contribution in [1.29, 1.82) is 0 Å². The van der Waals surface area contributed by atoms with Crippen LogP contribution < -0.4 is 15.4 Å². The molecule has 0 aliphatic rings. The summed E-state index contributed by atoms with van der Waals surface area (Å²) >= 11 is 0. The van der Waals surface area contributed by atoms with E-state index in [1.165, 1.54) is 32.4 Å². The number of benzene rings is 2. The van der Waals surface area contributed by atoms with Crippen LogP contribution in [0.3, 0.4) is 0 Å². The molecule has 0 saturated carbocycles. The van der Waals surface area contributed by atoms with Crippen LogP contribution in [0.1, 0.15) is 38.8 Å². The van der Waals surface area contributed by atoms with E-state index in [9.17, 15) is 14.4 Å². The van der Waals surface area contributed by atoms with Gasteiger partial charge in [0.1, 0.15) is 12.4 Å². The van der Waals surface area contributed by atoms with Crippen molar-refractivity contribution in [2.45, 2.75) is 26.8 Å². The molecule has 0 saturated heterocycles. The van der Waals surface area contributed by atoms with Crippen molar-refractivity contribution in [1.82, 2.24) is 5.32 Å². The van der Waals surface area contributed by atoms with Gasteiger partial charge in [0.15, 0.2) is 0 Å².